The number of carbonyl (C=O) groups is 2. The summed E-state index contributed by atoms with van der Waals surface area (Å²) in [7, 11) is 1.44. The first kappa shape index (κ1) is 20.3. The smallest absolute Gasteiger partial charge is 0.255 e. The van der Waals surface area contributed by atoms with E-state index in [2.05, 4.69) is 0 Å². The third-order valence-electron chi connectivity index (χ3n) is 4.20. The minimum Gasteiger partial charge on any atom is -0.493 e. The van der Waals surface area contributed by atoms with Crippen molar-refractivity contribution in [2.75, 3.05) is 40.0 Å². The monoisotopic (exact) mass is 384 g/mol. The highest BCUT2D eigenvalue weighted by Crippen LogP contribution is 2.37. The minimum absolute atomic E-state index is 0.118. The third kappa shape index (κ3) is 5.25. The largest absolute Gasteiger partial charge is 0.493 e. The second-order valence-corrected chi connectivity index (χ2v) is 6.57. The van der Waals surface area contributed by atoms with Crippen LogP contribution in [-0.4, -0.2) is 56.7 Å². The zero-order valence-electron chi connectivity index (χ0n) is 15.1. The van der Waals surface area contributed by atoms with Crippen LogP contribution in [0.4, 0.5) is 0 Å². The summed E-state index contributed by atoms with van der Waals surface area (Å²) in [5, 5.41) is 0.192. The molecule has 1 aliphatic rings. The summed E-state index contributed by atoms with van der Waals surface area (Å²) in [4.78, 5) is 25.6. The van der Waals surface area contributed by atoms with E-state index < -0.39 is 5.91 Å². The van der Waals surface area contributed by atoms with Crippen LogP contribution in [0.5, 0.6) is 11.5 Å². The number of halogens is 1. The van der Waals surface area contributed by atoms with Gasteiger partial charge in [0.25, 0.3) is 11.8 Å². The van der Waals surface area contributed by atoms with E-state index in [0.717, 1.165) is 12.8 Å². The summed E-state index contributed by atoms with van der Waals surface area (Å²) in [6.45, 7) is 4.31. The molecular weight excluding hydrogens is 360 g/mol. The van der Waals surface area contributed by atoms with E-state index in [0.29, 0.717) is 37.8 Å². The fourth-order valence-electron chi connectivity index (χ4n) is 2.98. The van der Waals surface area contributed by atoms with Gasteiger partial charge in [0.15, 0.2) is 18.1 Å². The SMILES string of the molecule is CCOCC1CCCN(C(=O)c2cc(Cl)c(OCC(N)=O)c(OC)c2)C1. The van der Waals surface area contributed by atoms with Crippen LogP contribution in [0, 0.1) is 5.92 Å². The van der Waals surface area contributed by atoms with Crippen LogP contribution in [0.3, 0.4) is 0 Å². The van der Waals surface area contributed by atoms with Crippen molar-refractivity contribution >= 4 is 23.4 Å². The van der Waals surface area contributed by atoms with Gasteiger partial charge in [-0.05, 0) is 37.8 Å². The van der Waals surface area contributed by atoms with Gasteiger partial charge in [-0.2, -0.15) is 0 Å². The molecule has 1 unspecified atom stereocenters. The van der Waals surface area contributed by atoms with Crippen molar-refractivity contribution in [1.82, 2.24) is 4.90 Å². The first-order valence-corrected chi connectivity index (χ1v) is 8.99. The van der Waals surface area contributed by atoms with E-state index in [1.54, 1.807) is 6.07 Å². The van der Waals surface area contributed by atoms with Crippen molar-refractivity contribution in [3.8, 4) is 11.5 Å². The highest BCUT2D eigenvalue weighted by molar-refractivity contribution is 6.32. The van der Waals surface area contributed by atoms with E-state index in [-0.39, 0.29) is 29.0 Å². The zero-order chi connectivity index (χ0) is 19.1. The van der Waals surface area contributed by atoms with E-state index in [1.165, 1.54) is 13.2 Å². The summed E-state index contributed by atoms with van der Waals surface area (Å²) < 4.78 is 16.0. The predicted molar refractivity (Wildman–Crippen MR) is 97.8 cm³/mol. The number of nitrogens with zero attached hydrogens (tertiary/aromatic N) is 1. The lowest BCUT2D eigenvalue weighted by Gasteiger charge is -2.32. The highest BCUT2D eigenvalue weighted by Gasteiger charge is 2.26. The summed E-state index contributed by atoms with van der Waals surface area (Å²) in [6.07, 6.45) is 1.99. The Bertz CT molecular complexity index is 653. The Labute approximate surface area is 158 Å². The van der Waals surface area contributed by atoms with Crippen molar-refractivity contribution in [1.29, 1.82) is 0 Å². The van der Waals surface area contributed by atoms with Gasteiger partial charge in [-0.15, -0.1) is 0 Å². The molecule has 0 aromatic heterocycles. The molecule has 1 aliphatic heterocycles. The molecule has 7 nitrogen and oxygen atoms in total. The third-order valence-corrected chi connectivity index (χ3v) is 4.48. The van der Waals surface area contributed by atoms with Crippen LogP contribution in [0.15, 0.2) is 12.1 Å². The number of ether oxygens (including phenoxy) is 3. The van der Waals surface area contributed by atoms with Crippen molar-refractivity contribution in [2.45, 2.75) is 19.8 Å². The number of benzene rings is 1. The molecule has 0 bridgehead atoms. The van der Waals surface area contributed by atoms with Gasteiger partial charge in [0.05, 0.1) is 18.7 Å². The molecule has 1 saturated heterocycles. The molecule has 2 N–H and O–H groups in total. The van der Waals surface area contributed by atoms with E-state index in [4.69, 9.17) is 31.5 Å². The highest BCUT2D eigenvalue weighted by atomic mass is 35.5. The van der Waals surface area contributed by atoms with Crippen LogP contribution in [0.25, 0.3) is 0 Å². The molecule has 1 atom stereocenters. The maximum absolute atomic E-state index is 12.9. The average molecular weight is 385 g/mol. The molecule has 0 saturated carbocycles. The van der Waals surface area contributed by atoms with Crippen molar-refractivity contribution in [3.05, 3.63) is 22.7 Å². The number of hydrogen-bond donors (Lipinski definition) is 1. The molecule has 1 aromatic rings. The molecule has 1 heterocycles. The second kappa shape index (κ2) is 9.64. The van der Waals surface area contributed by atoms with Crippen LogP contribution in [0.1, 0.15) is 30.1 Å². The second-order valence-electron chi connectivity index (χ2n) is 6.16. The fraction of sp³-hybridized carbons (Fsp3) is 0.556. The van der Waals surface area contributed by atoms with Gasteiger partial charge in [-0.1, -0.05) is 11.6 Å². The molecular formula is C18H25ClN2O5. The Morgan fingerprint density at radius 1 is 1.38 bits per heavy atom. The molecule has 1 aromatic carbocycles. The summed E-state index contributed by atoms with van der Waals surface area (Å²) >= 11 is 6.23. The Balaban J connectivity index is 2.15. The van der Waals surface area contributed by atoms with Gasteiger partial charge in [0.1, 0.15) is 0 Å². The molecule has 2 amide bonds. The first-order valence-electron chi connectivity index (χ1n) is 8.61. The number of carbonyl (C=O) groups excluding carboxylic acids is 2. The lowest BCUT2D eigenvalue weighted by Crippen LogP contribution is -2.41. The summed E-state index contributed by atoms with van der Waals surface area (Å²) in [5.74, 6) is 0.0651. The van der Waals surface area contributed by atoms with Crippen LogP contribution in [0.2, 0.25) is 5.02 Å². The van der Waals surface area contributed by atoms with Crippen molar-refractivity contribution < 1.29 is 23.8 Å². The van der Waals surface area contributed by atoms with Gasteiger partial charge in [0, 0.05) is 25.3 Å². The molecule has 2 rings (SSSR count). The fourth-order valence-corrected chi connectivity index (χ4v) is 3.24. The number of primary amides is 1. The van der Waals surface area contributed by atoms with Crippen LogP contribution >= 0.6 is 11.6 Å². The number of rotatable bonds is 8. The molecule has 26 heavy (non-hydrogen) atoms. The van der Waals surface area contributed by atoms with Gasteiger partial charge in [0.2, 0.25) is 0 Å². The topological polar surface area (TPSA) is 91.1 Å². The quantitative estimate of drug-likeness (QED) is 0.741. The molecule has 1 fully saturated rings. The predicted octanol–water partition coefficient (Wildman–Crippen LogP) is 2.10. The van der Waals surface area contributed by atoms with E-state index in [9.17, 15) is 9.59 Å². The van der Waals surface area contributed by atoms with Crippen molar-refractivity contribution in [3.63, 3.8) is 0 Å². The Morgan fingerprint density at radius 3 is 2.81 bits per heavy atom. The van der Waals surface area contributed by atoms with Gasteiger partial charge >= 0.3 is 0 Å². The lowest BCUT2D eigenvalue weighted by molar-refractivity contribution is -0.119. The Kier molecular flexibility index (Phi) is 7.53. The van der Waals surface area contributed by atoms with Gasteiger partial charge in [-0.25, -0.2) is 0 Å². The standard InChI is InChI=1S/C18H25ClN2O5/c1-3-25-10-12-5-4-6-21(9-12)18(23)13-7-14(19)17(15(8-13)24-2)26-11-16(20)22/h7-8,12H,3-6,9-11H2,1-2H3,(H2,20,22). The Hall–Kier alpha value is -1.99. The molecule has 0 radical (unpaired) electrons. The van der Waals surface area contributed by atoms with Gasteiger partial charge < -0.3 is 24.8 Å². The van der Waals surface area contributed by atoms with E-state index in [1.807, 2.05) is 11.8 Å². The van der Waals surface area contributed by atoms with Crippen molar-refractivity contribution in [2.24, 2.45) is 11.7 Å². The lowest BCUT2D eigenvalue weighted by atomic mass is 9.98. The average Bonchev–Trinajstić information content (AvgIpc) is 2.64. The number of piperidine rings is 1. The summed E-state index contributed by atoms with van der Waals surface area (Å²) in [6, 6.07) is 3.09. The maximum Gasteiger partial charge on any atom is 0.255 e. The maximum atomic E-state index is 12.9. The molecule has 8 heteroatoms. The number of amides is 2. The number of nitrogens with two attached hydrogens (primary N) is 1. The molecule has 0 spiro atoms. The first-order chi connectivity index (χ1) is 12.5. The number of methoxy groups -OCH3 is 1. The number of likely N-dealkylation sites (tertiary alicyclic amines) is 1. The normalized spacial score (nSPS) is 17.0. The van der Waals surface area contributed by atoms with Crippen LogP contribution < -0.4 is 15.2 Å². The molecule has 0 aliphatic carbocycles. The minimum atomic E-state index is -0.628. The number of hydrogen-bond acceptors (Lipinski definition) is 5. The van der Waals surface area contributed by atoms with Gasteiger partial charge in [-0.3, -0.25) is 9.59 Å². The van der Waals surface area contributed by atoms with Crippen LogP contribution in [-0.2, 0) is 9.53 Å². The van der Waals surface area contributed by atoms with E-state index >= 15 is 0 Å². The Morgan fingerprint density at radius 2 is 2.15 bits per heavy atom. The molecule has 144 valence electrons. The zero-order valence-corrected chi connectivity index (χ0v) is 15.9. The summed E-state index contributed by atoms with van der Waals surface area (Å²) in [5.41, 5.74) is 5.50.